The van der Waals surface area contributed by atoms with Crippen LogP contribution in [0.1, 0.15) is 28.4 Å². The van der Waals surface area contributed by atoms with Crippen LogP contribution in [0.15, 0.2) is 30.5 Å². The molecular weight excluding hydrogens is 460 g/mol. The number of carbonyl (C=O) groups is 3. The molecule has 0 N–H and O–H groups in total. The molecule has 3 fully saturated rings. The molecule has 1 atom stereocenters. The van der Waals surface area contributed by atoms with Crippen molar-refractivity contribution in [3.8, 4) is 0 Å². The molecule has 2 aromatic rings. The van der Waals surface area contributed by atoms with Gasteiger partial charge < -0.3 is 19.4 Å². The second-order valence-electron chi connectivity index (χ2n) is 9.79. The molecule has 10 nitrogen and oxygen atoms in total. The number of amides is 4. The maximum Gasteiger partial charge on any atom is 0.414 e. The fourth-order valence-electron chi connectivity index (χ4n) is 5.15. The number of hydrogen-bond acceptors (Lipinski definition) is 6. The van der Waals surface area contributed by atoms with E-state index in [0.717, 1.165) is 16.9 Å². The van der Waals surface area contributed by atoms with E-state index >= 15 is 0 Å². The summed E-state index contributed by atoms with van der Waals surface area (Å²) < 4.78 is 5.18. The normalized spacial score (nSPS) is 20.4. The summed E-state index contributed by atoms with van der Waals surface area (Å²) in [4.78, 5) is 52.4. The SMILES string of the molecule is Cc1cnc(N2CCN(C(=O)c3ccc(N4C(=O)OCC4C)cc3N3CCN(C)C3=O)CC2)c(C)c1. The average Bonchev–Trinajstić information content (AvgIpc) is 3.38. The van der Waals surface area contributed by atoms with Crippen LogP contribution in [0, 0.1) is 13.8 Å². The maximum absolute atomic E-state index is 13.7. The van der Waals surface area contributed by atoms with Crippen LogP contribution >= 0.6 is 0 Å². The van der Waals surface area contributed by atoms with Gasteiger partial charge in [-0.3, -0.25) is 14.6 Å². The average molecular weight is 493 g/mol. The molecule has 10 heteroatoms. The van der Waals surface area contributed by atoms with E-state index in [1.165, 1.54) is 0 Å². The van der Waals surface area contributed by atoms with Gasteiger partial charge >= 0.3 is 12.1 Å². The molecule has 1 aromatic carbocycles. The largest absolute Gasteiger partial charge is 0.447 e. The van der Waals surface area contributed by atoms with Gasteiger partial charge in [-0.05, 0) is 50.1 Å². The number of aromatic nitrogens is 1. The third-order valence-corrected chi connectivity index (χ3v) is 7.14. The number of piperazine rings is 1. The number of aryl methyl sites for hydroxylation is 2. The van der Waals surface area contributed by atoms with Gasteiger partial charge in [0.25, 0.3) is 5.91 Å². The Morgan fingerprint density at radius 3 is 2.39 bits per heavy atom. The predicted molar refractivity (Wildman–Crippen MR) is 137 cm³/mol. The number of hydrogen-bond donors (Lipinski definition) is 0. The van der Waals surface area contributed by atoms with Crippen molar-refractivity contribution in [3.63, 3.8) is 0 Å². The zero-order chi connectivity index (χ0) is 25.6. The van der Waals surface area contributed by atoms with Gasteiger partial charge in [0.1, 0.15) is 12.4 Å². The van der Waals surface area contributed by atoms with Gasteiger partial charge in [0.2, 0.25) is 0 Å². The standard InChI is InChI=1S/C26H32N6O4/c1-17-13-18(2)23(27-15-17)29-8-10-30(11-9-29)24(33)21-6-5-20(32-19(3)16-36-26(32)35)14-22(21)31-12-7-28(4)25(31)34/h5-6,13-15,19H,7-12,16H2,1-4H3. The molecule has 3 aliphatic rings. The number of anilines is 3. The summed E-state index contributed by atoms with van der Waals surface area (Å²) >= 11 is 0. The number of pyridine rings is 1. The van der Waals surface area contributed by atoms with E-state index in [-0.39, 0.29) is 18.0 Å². The van der Waals surface area contributed by atoms with Crippen molar-refractivity contribution in [2.24, 2.45) is 0 Å². The van der Waals surface area contributed by atoms with E-state index in [0.29, 0.717) is 62.8 Å². The van der Waals surface area contributed by atoms with Crippen molar-refractivity contribution in [2.75, 3.05) is 67.6 Å². The van der Waals surface area contributed by atoms with Crippen LogP contribution in [0.25, 0.3) is 0 Å². The highest BCUT2D eigenvalue weighted by Crippen LogP contribution is 2.33. The van der Waals surface area contributed by atoms with Crippen molar-refractivity contribution in [3.05, 3.63) is 47.2 Å². The van der Waals surface area contributed by atoms with Crippen LogP contribution in [0.5, 0.6) is 0 Å². The van der Waals surface area contributed by atoms with Gasteiger partial charge in [0.15, 0.2) is 0 Å². The third kappa shape index (κ3) is 4.20. The molecule has 1 aromatic heterocycles. The molecule has 0 spiro atoms. The van der Waals surface area contributed by atoms with Crippen molar-refractivity contribution >= 4 is 35.2 Å². The Morgan fingerprint density at radius 2 is 1.78 bits per heavy atom. The number of rotatable bonds is 4. The highest BCUT2D eigenvalue weighted by molar-refractivity contribution is 6.06. The van der Waals surface area contributed by atoms with Crippen LogP contribution in [0.2, 0.25) is 0 Å². The Bertz CT molecular complexity index is 1210. The minimum absolute atomic E-state index is 0.121. The Labute approximate surface area is 211 Å². The molecule has 190 valence electrons. The van der Waals surface area contributed by atoms with E-state index in [2.05, 4.69) is 22.9 Å². The second kappa shape index (κ2) is 9.33. The van der Waals surface area contributed by atoms with Gasteiger partial charge in [-0.15, -0.1) is 0 Å². The van der Waals surface area contributed by atoms with Gasteiger partial charge in [-0.25, -0.2) is 14.6 Å². The van der Waals surface area contributed by atoms with E-state index < -0.39 is 6.09 Å². The Balaban J connectivity index is 1.40. The van der Waals surface area contributed by atoms with E-state index in [9.17, 15) is 14.4 Å². The number of urea groups is 1. The first kappa shape index (κ1) is 23.9. The van der Waals surface area contributed by atoms with Crippen molar-refractivity contribution < 1.29 is 19.1 Å². The Hall–Kier alpha value is -3.82. The zero-order valence-electron chi connectivity index (χ0n) is 21.2. The topological polar surface area (TPSA) is 89.5 Å². The first-order chi connectivity index (χ1) is 17.2. The minimum atomic E-state index is -0.423. The molecule has 4 amide bonds. The second-order valence-corrected chi connectivity index (χ2v) is 9.79. The summed E-state index contributed by atoms with van der Waals surface area (Å²) in [6.45, 7) is 9.81. The first-order valence-corrected chi connectivity index (χ1v) is 12.3. The molecule has 5 rings (SSSR count). The fourth-order valence-corrected chi connectivity index (χ4v) is 5.15. The molecule has 3 aliphatic heterocycles. The molecule has 0 radical (unpaired) electrons. The molecular formula is C26H32N6O4. The van der Waals surface area contributed by atoms with Gasteiger partial charge in [-0.2, -0.15) is 0 Å². The molecule has 0 saturated carbocycles. The monoisotopic (exact) mass is 492 g/mol. The van der Waals surface area contributed by atoms with Crippen LogP contribution in [0.3, 0.4) is 0 Å². The summed E-state index contributed by atoms with van der Waals surface area (Å²) in [5.41, 5.74) is 3.85. The molecule has 4 heterocycles. The molecule has 0 bridgehead atoms. The number of ether oxygens (including phenoxy) is 1. The molecule has 0 aliphatic carbocycles. The lowest BCUT2D eigenvalue weighted by Gasteiger charge is -2.36. The smallest absolute Gasteiger partial charge is 0.414 e. The molecule has 36 heavy (non-hydrogen) atoms. The number of likely N-dealkylation sites (N-methyl/N-ethyl adjacent to an activating group) is 1. The summed E-state index contributed by atoms with van der Waals surface area (Å²) in [6, 6.07) is 7.09. The van der Waals surface area contributed by atoms with Gasteiger partial charge in [-0.1, -0.05) is 6.07 Å². The Kier molecular flexibility index (Phi) is 6.19. The number of benzene rings is 1. The van der Waals surface area contributed by atoms with E-state index in [4.69, 9.17) is 4.74 Å². The third-order valence-electron chi connectivity index (χ3n) is 7.14. The summed E-state index contributed by atoms with van der Waals surface area (Å²) in [5.74, 6) is 0.833. The highest BCUT2D eigenvalue weighted by Gasteiger charge is 2.35. The molecule has 1 unspecified atom stereocenters. The van der Waals surface area contributed by atoms with E-state index in [1.807, 2.05) is 24.9 Å². The van der Waals surface area contributed by atoms with Crippen LogP contribution in [-0.2, 0) is 4.74 Å². The van der Waals surface area contributed by atoms with Crippen LogP contribution in [-0.4, -0.2) is 91.8 Å². The van der Waals surface area contributed by atoms with E-state index in [1.54, 1.807) is 39.9 Å². The molecule has 3 saturated heterocycles. The van der Waals surface area contributed by atoms with Crippen molar-refractivity contribution in [1.29, 1.82) is 0 Å². The lowest BCUT2D eigenvalue weighted by Crippen LogP contribution is -2.49. The predicted octanol–water partition coefficient (Wildman–Crippen LogP) is 2.88. The number of nitrogens with zero attached hydrogens (tertiary/aromatic N) is 6. The number of carbonyl (C=O) groups excluding carboxylic acids is 3. The van der Waals surface area contributed by atoms with Gasteiger partial charge in [0, 0.05) is 58.2 Å². The quantitative estimate of drug-likeness (QED) is 0.652. The first-order valence-electron chi connectivity index (χ1n) is 12.3. The number of cyclic esters (lactones) is 1. The van der Waals surface area contributed by atoms with Crippen LogP contribution in [0.4, 0.5) is 26.8 Å². The highest BCUT2D eigenvalue weighted by atomic mass is 16.6. The van der Waals surface area contributed by atoms with Crippen molar-refractivity contribution in [2.45, 2.75) is 26.8 Å². The lowest BCUT2D eigenvalue weighted by molar-refractivity contribution is 0.0747. The van der Waals surface area contributed by atoms with Crippen molar-refractivity contribution in [1.82, 2.24) is 14.8 Å². The summed E-state index contributed by atoms with van der Waals surface area (Å²) in [5, 5.41) is 0. The maximum atomic E-state index is 13.7. The zero-order valence-corrected chi connectivity index (χ0v) is 21.2. The Morgan fingerprint density at radius 1 is 1.03 bits per heavy atom. The van der Waals surface area contributed by atoms with Gasteiger partial charge in [0.05, 0.1) is 17.3 Å². The minimum Gasteiger partial charge on any atom is -0.447 e. The fraction of sp³-hybridized carbons (Fsp3) is 0.462. The lowest BCUT2D eigenvalue weighted by atomic mass is 10.1. The summed E-state index contributed by atoms with van der Waals surface area (Å²) in [6.07, 6.45) is 1.45. The van der Waals surface area contributed by atoms with Crippen LogP contribution < -0.4 is 14.7 Å². The summed E-state index contributed by atoms with van der Waals surface area (Å²) in [7, 11) is 1.74.